The molecule has 1 aliphatic heterocycles. The van der Waals surface area contributed by atoms with Gasteiger partial charge in [-0.3, -0.25) is 0 Å². The molecular formula is C29H34ClN5O3. The standard InChI is InChI=1S/C29H34ClN5O3/c1-3-38-27(36)20(2)35-28(32-34(29(35)37)18-21-10-6-4-7-11-21)33-19-25(22-12-8-5-9-13-22)26(31-33)23-14-16-24(30)17-15-23/h5,8-9,12-17,20-21,25H,3-4,6-7,10-11,18-19H2,1-2H3. The van der Waals surface area contributed by atoms with Gasteiger partial charge in [0.25, 0.3) is 0 Å². The molecule has 200 valence electrons. The van der Waals surface area contributed by atoms with Gasteiger partial charge in [0.2, 0.25) is 5.95 Å². The Kier molecular flexibility index (Phi) is 7.98. The summed E-state index contributed by atoms with van der Waals surface area (Å²) < 4.78 is 8.24. The molecule has 2 atom stereocenters. The van der Waals surface area contributed by atoms with Gasteiger partial charge in [0, 0.05) is 17.5 Å². The summed E-state index contributed by atoms with van der Waals surface area (Å²) in [6.07, 6.45) is 5.75. The van der Waals surface area contributed by atoms with E-state index in [1.807, 2.05) is 42.5 Å². The van der Waals surface area contributed by atoms with Crippen LogP contribution in [0.1, 0.15) is 69.0 Å². The predicted octanol–water partition coefficient (Wildman–Crippen LogP) is 5.41. The maximum atomic E-state index is 13.7. The number of carbonyl (C=O) groups is 1. The van der Waals surface area contributed by atoms with Gasteiger partial charge < -0.3 is 4.74 Å². The number of benzene rings is 2. The summed E-state index contributed by atoms with van der Waals surface area (Å²) in [5.74, 6) is 0.242. The lowest BCUT2D eigenvalue weighted by molar-refractivity contribution is -0.146. The number of hydrogen-bond donors (Lipinski definition) is 0. The Balaban J connectivity index is 1.57. The second-order valence-corrected chi connectivity index (χ2v) is 10.5. The number of halogens is 1. The highest BCUT2D eigenvalue weighted by Gasteiger charge is 2.35. The molecule has 2 aliphatic rings. The monoisotopic (exact) mass is 535 g/mol. The highest BCUT2D eigenvalue weighted by molar-refractivity contribution is 6.30. The van der Waals surface area contributed by atoms with Gasteiger partial charge in [-0.15, -0.1) is 5.10 Å². The molecule has 5 rings (SSSR count). The van der Waals surface area contributed by atoms with E-state index in [0.29, 0.717) is 30.0 Å². The van der Waals surface area contributed by atoms with Crippen LogP contribution >= 0.6 is 11.6 Å². The molecule has 2 unspecified atom stereocenters. The van der Waals surface area contributed by atoms with Crippen molar-refractivity contribution in [3.8, 4) is 0 Å². The largest absolute Gasteiger partial charge is 0.464 e. The maximum absolute atomic E-state index is 13.7. The molecule has 1 fully saturated rings. The molecule has 8 nitrogen and oxygen atoms in total. The maximum Gasteiger partial charge on any atom is 0.348 e. The number of hydrazone groups is 1. The summed E-state index contributed by atoms with van der Waals surface area (Å²) >= 11 is 6.16. The first-order chi connectivity index (χ1) is 18.5. The van der Waals surface area contributed by atoms with E-state index in [1.54, 1.807) is 18.9 Å². The third-order valence-corrected chi connectivity index (χ3v) is 7.76. The molecule has 0 saturated heterocycles. The van der Waals surface area contributed by atoms with Crippen LogP contribution in [0.3, 0.4) is 0 Å². The second-order valence-electron chi connectivity index (χ2n) is 10.1. The van der Waals surface area contributed by atoms with Crippen molar-refractivity contribution >= 4 is 29.2 Å². The van der Waals surface area contributed by atoms with E-state index < -0.39 is 12.0 Å². The van der Waals surface area contributed by atoms with Crippen molar-refractivity contribution < 1.29 is 9.53 Å². The van der Waals surface area contributed by atoms with Gasteiger partial charge in [0.05, 0.1) is 18.9 Å². The zero-order chi connectivity index (χ0) is 26.6. The normalized spacial score (nSPS) is 18.9. The van der Waals surface area contributed by atoms with Crippen LogP contribution in [0.5, 0.6) is 0 Å². The lowest BCUT2D eigenvalue weighted by Gasteiger charge is -2.20. The number of esters is 1. The fourth-order valence-corrected chi connectivity index (χ4v) is 5.61. The number of aromatic nitrogens is 3. The third kappa shape index (κ3) is 5.41. The van der Waals surface area contributed by atoms with Gasteiger partial charge in [-0.25, -0.2) is 23.8 Å². The van der Waals surface area contributed by atoms with Crippen LogP contribution in [0.15, 0.2) is 64.5 Å². The second kappa shape index (κ2) is 11.6. The highest BCUT2D eigenvalue weighted by atomic mass is 35.5. The van der Waals surface area contributed by atoms with E-state index >= 15 is 0 Å². The average molecular weight is 536 g/mol. The highest BCUT2D eigenvalue weighted by Crippen LogP contribution is 2.32. The summed E-state index contributed by atoms with van der Waals surface area (Å²) in [6, 6.07) is 16.9. The number of nitrogens with zero attached hydrogens (tertiary/aromatic N) is 5. The summed E-state index contributed by atoms with van der Waals surface area (Å²) in [6.45, 7) is 4.70. The molecule has 38 heavy (non-hydrogen) atoms. The van der Waals surface area contributed by atoms with Crippen LogP contribution in [0.25, 0.3) is 0 Å². The van der Waals surface area contributed by atoms with Crippen molar-refractivity contribution in [3.05, 3.63) is 81.2 Å². The molecule has 9 heteroatoms. The minimum absolute atomic E-state index is 0.0534. The fourth-order valence-electron chi connectivity index (χ4n) is 5.48. The summed E-state index contributed by atoms with van der Waals surface area (Å²) in [7, 11) is 0. The Morgan fingerprint density at radius 2 is 1.79 bits per heavy atom. The smallest absolute Gasteiger partial charge is 0.348 e. The van der Waals surface area contributed by atoms with Crippen molar-refractivity contribution in [2.75, 3.05) is 18.2 Å². The molecule has 2 aromatic carbocycles. The SMILES string of the molecule is CCOC(=O)C(C)n1c(N2CC(c3ccccc3)C(c3ccc(Cl)cc3)=N2)nn(CC2CCCCC2)c1=O. The van der Waals surface area contributed by atoms with Crippen molar-refractivity contribution in [1.82, 2.24) is 14.3 Å². The van der Waals surface area contributed by atoms with Crippen LogP contribution in [0, 0.1) is 5.92 Å². The van der Waals surface area contributed by atoms with Crippen LogP contribution in [-0.2, 0) is 16.1 Å². The molecular weight excluding hydrogens is 502 g/mol. The van der Waals surface area contributed by atoms with Crippen LogP contribution in [-0.4, -0.2) is 39.2 Å². The molecule has 1 aliphatic carbocycles. The predicted molar refractivity (Wildman–Crippen MR) is 149 cm³/mol. The van der Waals surface area contributed by atoms with E-state index in [2.05, 4.69) is 12.1 Å². The van der Waals surface area contributed by atoms with Gasteiger partial charge in [0.15, 0.2) is 0 Å². The van der Waals surface area contributed by atoms with Crippen molar-refractivity contribution in [1.29, 1.82) is 0 Å². The fraction of sp³-hybridized carbons (Fsp3) is 0.448. The first kappa shape index (κ1) is 26.2. The van der Waals surface area contributed by atoms with E-state index in [4.69, 9.17) is 26.5 Å². The molecule has 0 spiro atoms. The first-order valence-electron chi connectivity index (χ1n) is 13.5. The zero-order valence-electron chi connectivity index (χ0n) is 21.9. The van der Waals surface area contributed by atoms with E-state index in [-0.39, 0.29) is 18.2 Å². The van der Waals surface area contributed by atoms with E-state index in [9.17, 15) is 9.59 Å². The molecule has 0 radical (unpaired) electrons. The number of anilines is 1. The van der Waals surface area contributed by atoms with Crippen LogP contribution in [0.4, 0.5) is 5.95 Å². The first-order valence-corrected chi connectivity index (χ1v) is 13.9. The van der Waals surface area contributed by atoms with Gasteiger partial charge in [0.1, 0.15) is 6.04 Å². The minimum atomic E-state index is -0.831. The Hall–Kier alpha value is -3.39. The molecule has 1 aromatic heterocycles. The Morgan fingerprint density at radius 1 is 1.08 bits per heavy atom. The zero-order valence-corrected chi connectivity index (χ0v) is 22.7. The summed E-state index contributed by atoms with van der Waals surface area (Å²) in [4.78, 5) is 26.5. The summed E-state index contributed by atoms with van der Waals surface area (Å²) in [5, 5.41) is 12.2. The Bertz CT molecular complexity index is 1340. The number of ether oxygens (including phenoxy) is 1. The lowest BCUT2D eigenvalue weighted by Crippen LogP contribution is -2.34. The number of carbonyl (C=O) groups excluding carboxylic acids is 1. The molecule has 3 aromatic rings. The molecule has 0 bridgehead atoms. The Morgan fingerprint density at radius 3 is 2.47 bits per heavy atom. The lowest BCUT2D eigenvalue weighted by atomic mass is 9.89. The molecule has 2 heterocycles. The van der Waals surface area contributed by atoms with Gasteiger partial charge in [-0.05, 0) is 55.9 Å². The molecule has 1 saturated carbocycles. The quantitative estimate of drug-likeness (QED) is 0.360. The minimum Gasteiger partial charge on any atom is -0.464 e. The van der Waals surface area contributed by atoms with E-state index in [1.165, 1.54) is 28.5 Å². The van der Waals surface area contributed by atoms with Gasteiger partial charge in [-0.1, -0.05) is 73.3 Å². The topological polar surface area (TPSA) is 81.7 Å². The molecule has 0 amide bonds. The van der Waals surface area contributed by atoms with Gasteiger partial charge >= 0.3 is 11.7 Å². The summed E-state index contributed by atoms with van der Waals surface area (Å²) in [5.41, 5.74) is 2.60. The van der Waals surface area contributed by atoms with E-state index in [0.717, 1.165) is 29.7 Å². The Labute approximate surface area is 227 Å². The van der Waals surface area contributed by atoms with Gasteiger partial charge in [-0.2, -0.15) is 5.10 Å². The number of rotatable bonds is 8. The third-order valence-electron chi connectivity index (χ3n) is 7.51. The molecule has 0 N–H and O–H groups in total. The van der Waals surface area contributed by atoms with Crippen molar-refractivity contribution in [2.45, 2.75) is 64.5 Å². The van der Waals surface area contributed by atoms with Crippen molar-refractivity contribution in [2.24, 2.45) is 11.0 Å². The average Bonchev–Trinajstić information content (AvgIpc) is 3.52. The van der Waals surface area contributed by atoms with Crippen LogP contribution in [0.2, 0.25) is 5.02 Å². The van der Waals surface area contributed by atoms with Crippen molar-refractivity contribution in [3.63, 3.8) is 0 Å². The van der Waals surface area contributed by atoms with Crippen LogP contribution < -0.4 is 10.7 Å². The number of hydrogen-bond acceptors (Lipinski definition) is 6.